The van der Waals surface area contributed by atoms with E-state index in [9.17, 15) is 0 Å². The van der Waals surface area contributed by atoms with Crippen molar-refractivity contribution in [1.29, 1.82) is 0 Å². The van der Waals surface area contributed by atoms with Gasteiger partial charge in [0.2, 0.25) is 0 Å². The zero-order valence-electron chi connectivity index (χ0n) is 12.5. The molecule has 19 heavy (non-hydrogen) atoms. The summed E-state index contributed by atoms with van der Waals surface area (Å²) in [5.41, 5.74) is 7.67. The van der Waals surface area contributed by atoms with Crippen LogP contribution in [0.25, 0.3) is 0 Å². The van der Waals surface area contributed by atoms with E-state index in [-0.39, 0.29) is 0 Å². The van der Waals surface area contributed by atoms with Crippen molar-refractivity contribution in [3.05, 3.63) is 23.8 Å². The molecule has 0 amide bonds. The van der Waals surface area contributed by atoms with Crippen molar-refractivity contribution in [2.45, 2.75) is 20.4 Å². The zero-order chi connectivity index (χ0) is 14.3. The highest BCUT2D eigenvalue weighted by molar-refractivity contribution is 5.48. The molecule has 0 aliphatic carbocycles. The molecular weight excluding hydrogens is 240 g/mol. The molecule has 0 radical (unpaired) electrons. The number of nitrogen functional groups attached to an aromatic ring is 1. The van der Waals surface area contributed by atoms with Gasteiger partial charge in [-0.2, -0.15) is 0 Å². The molecule has 0 fully saturated rings. The van der Waals surface area contributed by atoms with Gasteiger partial charge in [-0.1, -0.05) is 19.9 Å². The third kappa shape index (κ3) is 5.49. The molecule has 0 aliphatic rings. The lowest BCUT2D eigenvalue weighted by atomic mass is 10.1. The van der Waals surface area contributed by atoms with Crippen LogP contribution >= 0.6 is 0 Å². The van der Waals surface area contributed by atoms with Crippen LogP contribution in [0.1, 0.15) is 19.4 Å². The Balaban J connectivity index is 2.76. The Hall–Kier alpha value is -1.26. The molecule has 1 aromatic carbocycles. The van der Waals surface area contributed by atoms with Gasteiger partial charge in [-0.3, -0.25) is 4.90 Å². The fraction of sp³-hybridized carbons (Fsp3) is 0.600. The van der Waals surface area contributed by atoms with Gasteiger partial charge in [-0.05, 0) is 12.0 Å². The van der Waals surface area contributed by atoms with Crippen molar-refractivity contribution >= 4 is 5.69 Å². The molecule has 108 valence electrons. The maximum Gasteiger partial charge on any atom is 0.125 e. The standard InChI is InChI=1S/C15H26N2O2/c1-12(2)10-17(7-8-18-3)11-13-5-6-14(16)9-15(13)19-4/h5-6,9,12H,7-8,10-11,16H2,1-4H3. The lowest BCUT2D eigenvalue weighted by Crippen LogP contribution is -2.30. The number of nitrogens with two attached hydrogens (primary N) is 1. The molecular formula is C15H26N2O2. The Morgan fingerprint density at radius 2 is 2.00 bits per heavy atom. The zero-order valence-corrected chi connectivity index (χ0v) is 12.5. The Bertz CT molecular complexity index is 380. The highest BCUT2D eigenvalue weighted by Gasteiger charge is 2.11. The summed E-state index contributed by atoms with van der Waals surface area (Å²) in [5.74, 6) is 1.47. The van der Waals surface area contributed by atoms with E-state index < -0.39 is 0 Å². The molecule has 0 heterocycles. The van der Waals surface area contributed by atoms with Crippen molar-refractivity contribution in [3.63, 3.8) is 0 Å². The van der Waals surface area contributed by atoms with E-state index in [1.807, 2.05) is 18.2 Å². The fourth-order valence-electron chi connectivity index (χ4n) is 2.10. The number of anilines is 1. The summed E-state index contributed by atoms with van der Waals surface area (Å²) >= 11 is 0. The average Bonchev–Trinajstić information content (AvgIpc) is 2.37. The third-order valence-corrected chi connectivity index (χ3v) is 2.94. The molecule has 0 saturated carbocycles. The van der Waals surface area contributed by atoms with Crippen LogP contribution in [0.2, 0.25) is 0 Å². The first-order valence-corrected chi connectivity index (χ1v) is 6.70. The first kappa shape index (κ1) is 15.8. The fourth-order valence-corrected chi connectivity index (χ4v) is 2.10. The van der Waals surface area contributed by atoms with Gasteiger partial charge >= 0.3 is 0 Å². The van der Waals surface area contributed by atoms with Crippen molar-refractivity contribution in [2.24, 2.45) is 5.92 Å². The Labute approximate surface area is 116 Å². The average molecular weight is 266 g/mol. The van der Waals surface area contributed by atoms with Gasteiger partial charge in [-0.25, -0.2) is 0 Å². The highest BCUT2D eigenvalue weighted by Crippen LogP contribution is 2.23. The van der Waals surface area contributed by atoms with Crippen molar-refractivity contribution in [2.75, 3.05) is 39.6 Å². The van der Waals surface area contributed by atoms with Gasteiger partial charge in [0, 0.05) is 44.1 Å². The van der Waals surface area contributed by atoms with Gasteiger partial charge in [0.15, 0.2) is 0 Å². The monoisotopic (exact) mass is 266 g/mol. The minimum absolute atomic E-state index is 0.622. The molecule has 4 heteroatoms. The number of ether oxygens (including phenoxy) is 2. The molecule has 0 bridgehead atoms. The molecule has 0 aromatic heterocycles. The summed E-state index contributed by atoms with van der Waals surface area (Å²) in [5, 5.41) is 0. The largest absolute Gasteiger partial charge is 0.496 e. The summed E-state index contributed by atoms with van der Waals surface area (Å²) in [6.07, 6.45) is 0. The van der Waals surface area contributed by atoms with E-state index in [2.05, 4.69) is 18.7 Å². The van der Waals surface area contributed by atoms with E-state index in [0.717, 1.165) is 43.2 Å². The normalized spacial score (nSPS) is 11.3. The Morgan fingerprint density at radius 1 is 1.26 bits per heavy atom. The lowest BCUT2D eigenvalue weighted by molar-refractivity contribution is 0.135. The molecule has 0 unspecified atom stereocenters. The van der Waals surface area contributed by atoms with Crippen molar-refractivity contribution < 1.29 is 9.47 Å². The van der Waals surface area contributed by atoms with Gasteiger partial charge in [0.1, 0.15) is 5.75 Å². The number of nitrogens with zero attached hydrogens (tertiary/aromatic N) is 1. The Morgan fingerprint density at radius 3 is 2.58 bits per heavy atom. The number of benzene rings is 1. The van der Waals surface area contributed by atoms with Crippen LogP contribution in [-0.4, -0.2) is 38.8 Å². The number of methoxy groups -OCH3 is 2. The highest BCUT2D eigenvalue weighted by atomic mass is 16.5. The predicted octanol–water partition coefficient (Wildman–Crippen LogP) is 2.38. The second-order valence-electron chi connectivity index (χ2n) is 5.19. The molecule has 2 N–H and O–H groups in total. The van der Waals surface area contributed by atoms with Crippen LogP contribution in [-0.2, 0) is 11.3 Å². The van der Waals surface area contributed by atoms with Gasteiger partial charge in [0.25, 0.3) is 0 Å². The second kappa shape index (κ2) is 8.02. The van der Waals surface area contributed by atoms with Crippen LogP contribution in [0.3, 0.4) is 0 Å². The second-order valence-corrected chi connectivity index (χ2v) is 5.19. The molecule has 0 atom stereocenters. The van der Waals surface area contributed by atoms with E-state index in [4.69, 9.17) is 15.2 Å². The SMILES string of the molecule is COCCN(Cc1ccc(N)cc1OC)CC(C)C. The summed E-state index contributed by atoms with van der Waals surface area (Å²) in [6, 6.07) is 5.83. The third-order valence-electron chi connectivity index (χ3n) is 2.94. The minimum atomic E-state index is 0.622. The maximum absolute atomic E-state index is 5.78. The Kier molecular flexibility index (Phi) is 6.67. The summed E-state index contributed by atoms with van der Waals surface area (Å²) < 4.78 is 10.6. The summed E-state index contributed by atoms with van der Waals surface area (Å²) in [7, 11) is 3.41. The van der Waals surface area contributed by atoms with Gasteiger partial charge in [0.05, 0.1) is 13.7 Å². The first-order valence-electron chi connectivity index (χ1n) is 6.70. The molecule has 0 spiro atoms. The molecule has 1 aromatic rings. The number of hydrogen-bond acceptors (Lipinski definition) is 4. The van der Waals surface area contributed by atoms with Crippen LogP contribution in [0.15, 0.2) is 18.2 Å². The van der Waals surface area contributed by atoms with Gasteiger partial charge < -0.3 is 15.2 Å². The topological polar surface area (TPSA) is 47.7 Å². The molecule has 0 saturated heterocycles. The number of rotatable bonds is 8. The van der Waals surface area contributed by atoms with E-state index in [1.165, 1.54) is 0 Å². The van der Waals surface area contributed by atoms with Gasteiger partial charge in [-0.15, -0.1) is 0 Å². The van der Waals surface area contributed by atoms with Crippen LogP contribution in [0.5, 0.6) is 5.75 Å². The summed E-state index contributed by atoms with van der Waals surface area (Å²) in [4.78, 5) is 2.38. The van der Waals surface area contributed by atoms with Crippen molar-refractivity contribution in [3.8, 4) is 5.75 Å². The lowest BCUT2D eigenvalue weighted by Gasteiger charge is -2.25. The molecule has 0 aliphatic heterocycles. The van der Waals surface area contributed by atoms with Crippen LogP contribution in [0, 0.1) is 5.92 Å². The van der Waals surface area contributed by atoms with Crippen LogP contribution in [0.4, 0.5) is 5.69 Å². The van der Waals surface area contributed by atoms with E-state index >= 15 is 0 Å². The van der Waals surface area contributed by atoms with Crippen molar-refractivity contribution in [1.82, 2.24) is 4.90 Å². The minimum Gasteiger partial charge on any atom is -0.496 e. The number of hydrogen-bond donors (Lipinski definition) is 1. The van der Waals surface area contributed by atoms with E-state index in [0.29, 0.717) is 5.92 Å². The van der Waals surface area contributed by atoms with E-state index in [1.54, 1.807) is 14.2 Å². The predicted molar refractivity (Wildman–Crippen MR) is 79.4 cm³/mol. The first-order chi connectivity index (χ1) is 9.06. The summed E-state index contributed by atoms with van der Waals surface area (Å²) in [6.45, 7) is 7.99. The molecule has 1 rings (SSSR count). The quantitative estimate of drug-likeness (QED) is 0.734. The molecule has 4 nitrogen and oxygen atoms in total. The maximum atomic E-state index is 5.78. The van der Waals surface area contributed by atoms with Crippen LogP contribution < -0.4 is 10.5 Å². The smallest absolute Gasteiger partial charge is 0.125 e.